The number of anilines is 1. The normalized spacial score (nSPS) is 10.3. The molecule has 0 aliphatic heterocycles. The van der Waals surface area contributed by atoms with Crippen LogP contribution in [0.1, 0.15) is 18.9 Å². The lowest BCUT2D eigenvalue weighted by Crippen LogP contribution is -2.03. The highest BCUT2D eigenvalue weighted by Gasteiger charge is 2.11. The van der Waals surface area contributed by atoms with E-state index in [9.17, 15) is 0 Å². The summed E-state index contributed by atoms with van der Waals surface area (Å²) < 4.78 is 5.90. The Bertz CT molecular complexity index is 558. The van der Waals surface area contributed by atoms with Crippen LogP contribution in [0.2, 0.25) is 0 Å². The van der Waals surface area contributed by atoms with Gasteiger partial charge in [-0.2, -0.15) is 0 Å². The summed E-state index contributed by atoms with van der Waals surface area (Å²) in [5.41, 5.74) is 1.02. The molecule has 0 unspecified atom stereocenters. The van der Waals surface area contributed by atoms with Crippen molar-refractivity contribution in [1.82, 2.24) is 9.97 Å². The first-order chi connectivity index (χ1) is 9.78. The van der Waals surface area contributed by atoms with E-state index in [1.807, 2.05) is 31.3 Å². The highest BCUT2D eigenvalue weighted by molar-refractivity contribution is 7.98. The maximum atomic E-state index is 5.90. The van der Waals surface area contributed by atoms with Gasteiger partial charge in [-0.1, -0.05) is 13.3 Å². The van der Waals surface area contributed by atoms with Crippen LogP contribution in [0.5, 0.6) is 11.6 Å². The van der Waals surface area contributed by atoms with Crippen LogP contribution in [0.4, 0.5) is 5.82 Å². The van der Waals surface area contributed by atoms with Crippen molar-refractivity contribution in [2.45, 2.75) is 24.7 Å². The zero-order chi connectivity index (χ0) is 14.4. The highest BCUT2D eigenvalue weighted by Crippen LogP contribution is 2.29. The molecule has 1 aromatic heterocycles. The molecule has 0 aliphatic carbocycles. The number of benzene rings is 1. The molecule has 1 aromatic carbocycles. The SMILES string of the molecule is CCCc1c(NC)ncnc1Oc1ccc(SC)cc1. The number of ether oxygens (including phenoxy) is 1. The molecular weight excluding hydrogens is 270 g/mol. The smallest absolute Gasteiger partial charge is 0.227 e. The van der Waals surface area contributed by atoms with E-state index in [-0.39, 0.29) is 0 Å². The van der Waals surface area contributed by atoms with Gasteiger partial charge in [0.2, 0.25) is 5.88 Å². The third kappa shape index (κ3) is 3.42. The Balaban J connectivity index is 2.27. The van der Waals surface area contributed by atoms with E-state index in [2.05, 4.69) is 28.5 Å². The van der Waals surface area contributed by atoms with E-state index < -0.39 is 0 Å². The van der Waals surface area contributed by atoms with Crippen molar-refractivity contribution in [1.29, 1.82) is 0 Å². The molecule has 0 bridgehead atoms. The maximum Gasteiger partial charge on any atom is 0.227 e. The molecule has 2 aromatic rings. The van der Waals surface area contributed by atoms with Gasteiger partial charge in [0.1, 0.15) is 17.9 Å². The monoisotopic (exact) mass is 289 g/mol. The predicted molar refractivity (Wildman–Crippen MR) is 83.9 cm³/mol. The number of thioether (sulfide) groups is 1. The number of aromatic nitrogens is 2. The van der Waals surface area contributed by atoms with Crippen LogP contribution in [0.25, 0.3) is 0 Å². The van der Waals surface area contributed by atoms with Crippen molar-refractivity contribution in [3.05, 3.63) is 36.2 Å². The molecule has 1 N–H and O–H groups in total. The third-order valence-corrected chi connectivity index (χ3v) is 3.66. The fourth-order valence-corrected chi connectivity index (χ4v) is 2.34. The minimum Gasteiger partial charge on any atom is -0.439 e. The highest BCUT2D eigenvalue weighted by atomic mass is 32.2. The van der Waals surface area contributed by atoms with Crippen LogP contribution in [0.15, 0.2) is 35.5 Å². The zero-order valence-corrected chi connectivity index (χ0v) is 12.8. The summed E-state index contributed by atoms with van der Waals surface area (Å²) in [6.07, 6.45) is 5.48. The Kier molecular flexibility index (Phi) is 5.24. The molecule has 0 saturated heterocycles. The summed E-state index contributed by atoms with van der Waals surface area (Å²) >= 11 is 1.71. The Hall–Kier alpha value is -1.75. The fourth-order valence-electron chi connectivity index (χ4n) is 1.93. The van der Waals surface area contributed by atoms with Crippen LogP contribution in [0, 0.1) is 0 Å². The molecule has 106 valence electrons. The molecule has 0 fully saturated rings. The summed E-state index contributed by atoms with van der Waals surface area (Å²) in [4.78, 5) is 9.72. The summed E-state index contributed by atoms with van der Waals surface area (Å²) in [5, 5.41) is 3.09. The molecule has 2 rings (SSSR count). The Morgan fingerprint density at radius 2 is 1.95 bits per heavy atom. The second-order valence-electron chi connectivity index (χ2n) is 4.28. The summed E-state index contributed by atoms with van der Waals surface area (Å²) in [6.45, 7) is 2.13. The van der Waals surface area contributed by atoms with Crippen LogP contribution in [0.3, 0.4) is 0 Å². The lowest BCUT2D eigenvalue weighted by atomic mass is 10.1. The Morgan fingerprint density at radius 3 is 2.55 bits per heavy atom. The second-order valence-corrected chi connectivity index (χ2v) is 5.16. The van der Waals surface area contributed by atoms with Crippen molar-refractivity contribution >= 4 is 17.6 Å². The van der Waals surface area contributed by atoms with Crippen LogP contribution in [-0.4, -0.2) is 23.3 Å². The summed E-state index contributed by atoms with van der Waals surface area (Å²) in [6, 6.07) is 8.00. The molecule has 0 saturated carbocycles. The van der Waals surface area contributed by atoms with Crippen molar-refractivity contribution < 1.29 is 4.74 Å². The van der Waals surface area contributed by atoms with Crippen molar-refractivity contribution in [2.24, 2.45) is 0 Å². The average molecular weight is 289 g/mol. The lowest BCUT2D eigenvalue weighted by Gasteiger charge is -2.12. The molecule has 0 spiro atoms. The Labute approximate surface area is 124 Å². The van der Waals surface area contributed by atoms with Crippen LogP contribution >= 0.6 is 11.8 Å². The van der Waals surface area contributed by atoms with Gasteiger partial charge >= 0.3 is 0 Å². The molecule has 20 heavy (non-hydrogen) atoms. The van der Waals surface area contributed by atoms with Gasteiger partial charge in [0.25, 0.3) is 0 Å². The van der Waals surface area contributed by atoms with Gasteiger partial charge in [0, 0.05) is 11.9 Å². The molecule has 0 atom stereocenters. The predicted octanol–water partition coefficient (Wildman–Crippen LogP) is 3.99. The standard InChI is InChI=1S/C15H19N3OS/c1-4-5-13-14(16-2)17-10-18-15(13)19-11-6-8-12(20-3)9-7-11/h6-10H,4-5H2,1-3H3,(H,16,17,18). The largest absolute Gasteiger partial charge is 0.439 e. The molecular formula is C15H19N3OS. The van der Waals surface area contributed by atoms with Gasteiger partial charge < -0.3 is 10.1 Å². The van der Waals surface area contributed by atoms with E-state index in [1.54, 1.807) is 11.8 Å². The molecule has 0 aliphatic rings. The number of nitrogens with one attached hydrogen (secondary N) is 1. The van der Waals surface area contributed by atoms with Gasteiger partial charge in [-0.25, -0.2) is 9.97 Å². The van der Waals surface area contributed by atoms with Crippen LogP contribution < -0.4 is 10.1 Å². The fraction of sp³-hybridized carbons (Fsp3) is 0.333. The van der Waals surface area contributed by atoms with Crippen molar-refractivity contribution in [2.75, 3.05) is 18.6 Å². The number of hydrogen-bond donors (Lipinski definition) is 1. The van der Waals surface area contributed by atoms with Crippen molar-refractivity contribution in [3.63, 3.8) is 0 Å². The summed E-state index contributed by atoms with van der Waals surface area (Å²) in [7, 11) is 1.86. The lowest BCUT2D eigenvalue weighted by molar-refractivity contribution is 0.454. The second kappa shape index (κ2) is 7.14. The van der Waals surface area contributed by atoms with Gasteiger partial charge in [0.15, 0.2) is 0 Å². The minimum atomic E-state index is 0.628. The number of nitrogens with zero attached hydrogens (tertiary/aromatic N) is 2. The maximum absolute atomic E-state index is 5.90. The van der Waals surface area contributed by atoms with Gasteiger partial charge in [-0.05, 0) is 36.9 Å². The number of rotatable bonds is 6. The van der Waals surface area contributed by atoms with E-state index in [1.165, 1.54) is 11.2 Å². The van der Waals surface area contributed by atoms with Crippen LogP contribution in [-0.2, 0) is 6.42 Å². The first kappa shape index (κ1) is 14.7. The molecule has 1 heterocycles. The van der Waals surface area contributed by atoms with E-state index in [4.69, 9.17) is 4.74 Å². The molecule has 0 amide bonds. The van der Waals surface area contributed by atoms with E-state index in [0.29, 0.717) is 5.88 Å². The third-order valence-electron chi connectivity index (χ3n) is 2.92. The number of hydrogen-bond acceptors (Lipinski definition) is 5. The van der Waals surface area contributed by atoms with Gasteiger partial charge in [-0.3, -0.25) is 0 Å². The summed E-state index contributed by atoms with van der Waals surface area (Å²) in [5.74, 6) is 2.25. The average Bonchev–Trinajstić information content (AvgIpc) is 2.50. The molecule has 0 radical (unpaired) electrons. The molecule has 5 heteroatoms. The minimum absolute atomic E-state index is 0.628. The van der Waals surface area contributed by atoms with Crippen molar-refractivity contribution in [3.8, 4) is 11.6 Å². The first-order valence-corrected chi connectivity index (χ1v) is 7.84. The van der Waals surface area contributed by atoms with E-state index in [0.717, 1.165) is 30.0 Å². The molecule has 4 nitrogen and oxygen atoms in total. The van der Waals surface area contributed by atoms with E-state index >= 15 is 0 Å². The quantitative estimate of drug-likeness (QED) is 0.815. The van der Waals surface area contributed by atoms with Gasteiger partial charge in [0.05, 0.1) is 5.56 Å². The zero-order valence-electron chi connectivity index (χ0n) is 12.0. The first-order valence-electron chi connectivity index (χ1n) is 6.62. The topological polar surface area (TPSA) is 47.0 Å². The Morgan fingerprint density at radius 1 is 1.20 bits per heavy atom. The van der Waals surface area contributed by atoms with Gasteiger partial charge in [-0.15, -0.1) is 11.8 Å².